The van der Waals surface area contributed by atoms with Gasteiger partial charge in [0.15, 0.2) is 5.75 Å². The highest BCUT2D eigenvalue weighted by Crippen LogP contribution is 2.25. The van der Waals surface area contributed by atoms with Crippen molar-refractivity contribution in [3.8, 4) is 11.5 Å². The Balaban J connectivity index is 1.73. The molecule has 0 aliphatic rings. The molecule has 0 bridgehead atoms. The maximum absolute atomic E-state index is 12.3. The molecule has 0 aliphatic carbocycles. The van der Waals surface area contributed by atoms with Crippen LogP contribution in [-0.2, 0) is 14.8 Å². The Hall–Kier alpha value is -2.84. The standard InChI is InChI=1S/C17H16N2O5S/c1-11(19-25(22,23)13-8-6-12(20)7-9-13)17(21)24-16-10-18-15-5-3-2-4-14(15)16/h2-11,18-20H,1H3/t11-/m0/s1. The van der Waals surface area contributed by atoms with E-state index < -0.39 is 22.0 Å². The fraction of sp³-hybridized carbons (Fsp3) is 0.118. The van der Waals surface area contributed by atoms with Crippen LogP contribution < -0.4 is 9.46 Å². The molecule has 0 saturated carbocycles. The summed E-state index contributed by atoms with van der Waals surface area (Å²) in [5.74, 6) is -0.450. The Morgan fingerprint density at radius 1 is 1.16 bits per heavy atom. The molecular weight excluding hydrogens is 344 g/mol. The second-order valence-electron chi connectivity index (χ2n) is 5.46. The van der Waals surface area contributed by atoms with Gasteiger partial charge in [0.05, 0.1) is 4.90 Å². The van der Waals surface area contributed by atoms with Crippen molar-refractivity contribution in [3.63, 3.8) is 0 Å². The summed E-state index contributed by atoms with van der Waals surface area (Å²) < 4.78 is 32.1. The lowest BCUT2D eigenvalue weighted by Crippen LogP contribution is -2.40. The van der Waals surface area contributed by atoms with Gasteiger partial charge in [0.25, 0.3) is 0 Å². The zero-order valence-electron chi connectivity index (χ0n) is 13.3. The van der Waals surface area contributed by atoms with E-state index in [1.807, 2.05) is 18.2 Å². The highest BCUT2D eigenvalue weighted by atomic mass is 32.2. The van der Waals surface area contributed by atoms with Gasteiger partial charge in [-0.15, -0.1) is 0 Å². The number of aromatic hydroxyl groups is 1. The average Bonchev–Trinajstić information content (AvgIpc) is 2.98. The number of fused-ring (bicyclic) bond motifs is 1. The summed E-state index contributed by atoms with van der Waals surface area (Å²) in [4.78, 5) is 15.1. The summed E-state index contributed by atoms with van der Waals surface area (Å²) >= 11 is 0. The van der Waals surface area contributed by atoms with E-state index in [1.165, 1.54) is 31.2 Å². The molecule has 1 atom stereocenters. The number of aromatic amines is 1. The van der Waals surface area contributed by atoms with Gasteiger partial charge < -0.3 is 14.8 Å². The van der Waals surface area contributed by atoms with E-state index in [-0.39, 0.29) is 10.6 Å². The fourth-order valence-corrected chi connectivity index (χ4v) is 3.49. The first-order valence-corrected chi connectivity index (χ1v) is 8.94. The smallest absolute Gasteiger partial charge is 0.329 e. The van der Waals surface area contributed by atoms with E-state index in [4.69, 9.17) is 4.74 Å². The zero-order valence-corrected chi connectivity index (χ0v) is 14.1. The minimum Gasteiger partial charge on any atom is -0.508 e. The summed E-state index contributed by atoms with van der Waals surface area (Å²) in [7, 11) is -3.91. The highest BCUT2D eigenvalue weighted by Gasteiger charge is 2.24. The molecule has 2 aromatic carbocycles. The first kappa shape index (κ1) is 17.0. The normalized spacial score (nSPS) is 12.8. The fourth-order valence-electron chi connectivity index (χ4n) is 2.30. The molecule has 7 nitrogen and oxygen atoms in total. The lowest BCUT2D eigenvalue weighted by Gasteiger charge is -2.13. The third-order valence-electron chi connectivity index (χ3n) is 3.59. The van der Waals surface area contributed by atoms with Crippen LogP contribution >= 0.6 is 0 Å². The van der Waals surface area contributed by atoms with Gasteiger partial charge in [0.1, 0.15) is 11.8 Å². The van der Waals surface area contributed by atoms with Crippen LogP contribution in [0.3, 0.4) is 0 Å². The van der Waals surface area contributed by atoms with Gasteiger partial charge >= 0.3 is 5.97 Å². The predicted octanol–water partition coefficient (Wildman–Crippen LogP) is 2.15. The molecule has 3 N–H and O–H groups in total. The van der Waals surface area contributed by atoms with Crippen LogP contribution in [-0.4, -0.2) is 30.5 Å². The van der Waals surface area contributed by atoms with Gasteiger partial charge in [-0.3, -0.25) is 0 Å². The number of hydrogen-bond acceptors (Lipinski definition) is 5. The summed E-state index contributed by atoms with van der Waals surface area (Å²) in [5.41, 5.74) is 0.808. The van der Waals surface area contributed by atoms with Gasteiger partial charge in [-0.05, 0) is 43.3 Å². The number of ether oxygens (including phenoxy) is 1. The maximum atomic E-state index is 12.3. The molecule has 0 amide bonds. The van der Waals surface area contributed by atoms with Gasteiger partial charge in [-0.1, -0.05) is 12.1 Å². The molecule has 8 heteroatoms. The van der Waals surface area contributed by atoms with Crippen molar-refractivity contribution in [1.29, 1.82) is 0 Å². The number of sulfonamides is 1. The van der Waals surface area contributed by atoms with E-state index in [9.17, 15) is 18.3 Å². The summed E-state index contributed by atoms with van der Waals surface area (Å²) in [6, 6.07) is 11.2. The number of carbonyl (C=O) groups is 1. The molecule has 3 aromatic rings. The van der Waals surface area contributed by atoms with Crippen LogP contribution in [0, 0.1) is 0 Å². The van der Waals surface area contributed by atoms with Crippen LogP contribution in [0.2, 0.25) is 0 Å². The van der Waals surface area contributed by atoms with E-state index in [0.29, 0.717) is 5.75 Å². The summed E-state index contributed by atoms with van der Waals surface area (Å²) in [5, 5.41) is 9.96. The molecule has 3 rings (SSSR count). The number of nitrogens with one attached hydrogen (secondary N) is 2. The number of H-pyrrole nitrogens is 1. The number of phenols is 1. The van der Waals surface area contributed by atoms with E-state index in [2.05, 4.69) is 9.71 Å². The predicted molar refractivity (Wildman–Crippen MR) is 91.8 cm³/mol. The average molecular weight is 360 g/mol. The van der Waals surface area contributed by atoms with Crippen LogP contribution in [0.5, 0.6) is 11.5 Å². The molecule has 0 spiro atoms. The molecule has 25 heavy (non-hydrogen) atoms. The highest BCUT2D eigenvalue weighted by molar-refractivity contribution is 7.89. The number of rotatable bonds is 5. The molecule has 1 aromatic heterocycles. The van der Waals surface area contributed by atoms with Crippen LogP contribution in [0.1, 0.15) is 6.92 Å². The van der Waals surface area contributed by atoms with Gasteiger partial charge in [-0.25, -0.2) is 13.2 Å². The number of phenolic OH excluding ortho intramolecular Hbond substituents is 1. The topological polar surface area (TPSA) is 108 Å². The SMILES string of the molecule is C[C@H](NS(=O)(=O)c1ccc(O)cc1)C(=O)Oc1c[nH]c2ccccc12. The van der Waals surface area contributed by atoms with Crippen molar-refractivity contribution in [1.82, 2.24) is 9.71 Å². The Morgan fingerprint density at radius 2 is 1.84 bits per heavy atom. The minimum absolute atomic E-state index is 0.0502. The number of esters is 1. The quantitative estimate of drug-likeness (QED) is 0.604. The Morgan fingerprint density at radius 3 is 2.56 bits per heavy atom. The van der Waals surface area contributed by atoms with Crippen molar-refractivity contribution in [2.75, 3.05) is 0 Å². The largest absolute Gasteiger partial charge is 0.508 e. The van der Waals surface area contributed by atoms with Crippen LogP contribution in [0.15, 0.2) is 59.6 Å². The van der Waals surface area contributed by atoms with E-state index >= 15 is 0 Å². The summed E-state index contributed by atoms with van der Waals surface area (Å²) in [6.45, 7) is 1.40. The van der Waals surface area contributed by atoms with Gasteiger partial charge in [0, 0.05) is 17.1 Å². The second-order valence-corrected chi connectivity index (χ2v) is 7.17. The Labute approximate surface area is 144 Å². The van der Waals surface area contributed by atoms with Crippen molar-refractivity contribution in [3.05, 3.63) is 54.7 Å². The van der Waals surface area contributed by atoms with Crippen molar-refractivity contribution >= 4 is 26.9 Å². The van der Waals surface area contributed by atoms with Crippen molar-refractivity contribution in [2.45, 2.75) is 17.9 Å². The molecule has 0 fully saturated rings. The second kappa shape index (κ2) is 6.58. The summed E-state index contributed by atoms with van der Waals surface area (Å²) in [6.07, 6.45) is 1.55. The molecule has 0 aliphatic heterocycles. The third-order valence-corrected chi connectivity index (χ3v) is 5.15. The Kier molecular flexibility index (Phi) is 4.47. The number of aromatic nitrogens is 1. The molecule has 1 heterocycles. The lowest BCUT2D eigenvalue weighted by molar-refractivity contribution is -0.135. The molecular formula is C17H16N2O5S. The minimum atomic E-state index is -3.91. The Bertz CT molecular complexity index is 1010. The van der Waals surface area contributed by atoms with E-state index in [0.717, 1.165) is 10.9 Å². The monoisotopic (exact) mass is 360 g/mol. The number of benzene rings is 2. The van der Waals surface area contributed by atoms with Crippen LogP contribution in [0.25, 0.3) is 10.9 Å². The molecule has 130 valence electrons. The zero-order chi connectivity index (χ0) is 18.0. The number of para-hydroxylation sites is 1. The first-order chi connectivity index (χ1) is 11.9. The van der Waals surface area contributed by atoms with Crippen LogP contribution in [0.4, 0.5) is 0 Å². The van der Waals surface area contributed by atoms with Crippen molar-refractivity contribution < 1.29 is 23.1 Å². The molecule has 0 radical (unpaired) electrons. The van der Waals surface area contributed by atoms with E-state index in [1.54, 1.807) is 12.3 Å². The van der Waals surface area contributed by atoms with Gasteiger partial charge in [0.2, 0.25) is 10.0 Å². The maximum Gasteiger partial charge on any atom is 0.329 e. The molecule has 0 saturated heterocycles. The van der Waals surface area contributed by atoms with Crippen molar-refractivity contribution in [2.24, 2.45) is 0 Å². The molecule has 0 unspecified atom stereocenters. The van der Waals surface area contributed by atoms with Gasteiger partial charge in [-0.2, -0.15) is 4.72 Å². The lowest BCUT2D eigenvalue weighted by atomic mass is 10.2. The third kappa shape index (κ3) is 3.65. The number of carbonyl (C=O) groups excluding carboxylic acids is 1. The number of hydrogen-bond donors (Lipinski definition) is 3. The first-order valence-electron chi connectivity index (χ1n) is 7.46.